The normalized spacial score (nSPS) is 12.1. The molecule has 0 saturated carbocycles. The van der Waals surface area contributed by atoms with E-state index in [1.54, 1.807) is 49.7 Å². The number of hydrogen-bond donors (Lipinski definition) is 3. The lowest BCUT2D eigenvalue weighted by Crippen LogP contribution is -2.20. The van der Waals surface area contributed by atoms with Crippen LogP contribution in [0.25, 0.3) is 22.0 Å². The number of aromatic nitrogens is 2. The first kappa shape index (κ1) is 23.4. The third-order valence-corrected chi connectivity index (χ3v) is 6.73. The van der Waals surface area contributed by atoms with Crippen molar-refractivity contribution in [3.05, 3.63) is 101 Å². The van der Waals surface area contributed by atoms with Crippen LogP contribution in [0.5, 0.6) is 5.75 Å². The number of carbonyl (C=O) groups excluding carboxylic acids is 1. The standard InChI is InChI=1S/C29H24FN5O3/c1-34-16-24-23-13-20(33-29(37)32-19-4-3-5-22(12-19)38-2)8-11-25(23)35(21-9-6-18(30)7-10-21)15-17-14-31-28(36)27(34)26(17)24/h3-14,16H,15H2,1-2H3,(H,31,36)(H2,32,33,37). The number of nitrogens with zero attached hydrogens (tertiary/aromatic N) is 2. The van der Waals surface area contributed by atoms with E-state index >= 15 is 0 Å². The zero-order valence-corrected chi connectivity index (χ0v) is 20.7. The zero-order chi connectivity index (χ0) is 26.4. The number of methoxy groups -OCH3 is 1. The second-order valence-corrected chi connectivity index (χ2v) is 9.13. The summed E-state index contributed by atoms with van der Waals surface area (Å²) in [4.78, 5) is 30.5. The monoisotopic (exact) mass is 509 g/mol. The number of fused-ring (bicyclic) bond motifs is 2. The molecule has 8 nitrogen and oxygen atoms in total. The minimum absolute atomic E-state index is 0.179. The van der Waals surface area contributed by atoms with Crippen molar-refractivity contribution in [2.75, 3.05) is 22.6 Å². The number of amides is 2. The number of urea groups is 1. The average Bonchev–Trinajstić information content (AvgIpc) is 3.21. The van der Waals surface area contributed by atoms with Gasteiger partial charge in [-0.2, -0.15) is 0 Å². The predicted molar refractivity (Wildman–Crippen MR) is 147 cm³/mol. The van der Waals surface area contributed by atoms with Gasteiger partial charge in [0, 0.05) is 64.8 Å². The van der Waals surface area contributed by atoms with Gasteiger partial charge in [-0.3, -0.25) is 4.79 Å². The summed E-state index contributed by atoms with van der Waals surface area (Å²) >= 11 is 0. The molecule has 1 aliphatic rings. The molecule has 5 aromatic rings. The summed E-state index contributed by atoms with van der Waals surface area (Å²) in [6.45, 7) is 0.464. The molecule has 0 radical (unpaired) electrons. The number of aryl methyl sites for hydroxylation is 1. The number of benzene rings is 3. The quantitative estimate of drug-likeness (QED) is 0.278. The number of rotatable bonds is 4. The maximum absolute atomic E-state index is 13.7. The molecule has 3 aromatic carbocycles. The molecule has 1 aliphatic heterocycles. The minimum Gasteiger partial charge on any atom is -0.497 e. The number of hydrogen-bond acceptors (Lipinski definition) is 4. The van der Waals surface area contributed by atoms with Gasteiger partial charge in [-0.25, -0.2) is 9.18 Å². The lowest BCUT2D eigenvalue weighted by Gasteiger charge is -2.26. The predicted octanol–water partition coefficient (Wildman–Crippen LogP) is 5.98. The smallest absolute Gasteiger partial charge is 0.323 e. The topological polar surface area (TPSA) is 91.4 Å². The molecular formula is C29H24FN5O3. The Balaban J connectivity index is 1.44. The average molecular weight is 510 g/mol. The molecule has 6 rings (SSSR count). The number of ether oxygens (including phenoxy) is 1. The van der Waals surface area contributed by atoms with Gasteiger partial charge < -0.3 is 29.8 Å². The summed E-state index contributed by atoms with van der Waals surface area (Å²) in [6.07, 6.45) is 3.66. The van der Waals surface area contributed by atoms with Gasteiger partial charge in [0.1, 0.15) is 17.1 Å². The minimum atomic E-state index is -0.405. The van der Waals surface area contributed by atoms with Gasteiger partial charge in [-0.05, 0) is 60.2 Å². The molecule has 0 saturated heterocycles. The van der Waals surface area contributed by atoms with Crippen LogP contribution in [0.1, 0.15) is 5.56 Å². The van der Waals surface area contributed by atoms with Crippen LogP contribution in [0.2, 0.25) is 0 Å². The molecule has 38 heavy (non-hydrogen) atoms. The van der Waals surface area contributed by atoms with Crippen LogP contribution >= 0.6 is 0 Å². The first-order chi connectivity index (χ1) is 18.4. The summed E-state index contributed by atoms with van der Waals surface area (Å²) in [7, 11) is 3.41. The Labute approximate surface area is 217 Å². The van der Waals surface area contributed by atoms with Crippen molar-refractivity contribution in [1.29, 1.82) is 0 Å². The summed E-state index contributed by atoms with van der Waals surface area (Å²) < 4.78 is 20.8. The lowest BCUT2D eigenvalue weighted by atomic mass is 10.0. The van der Waals surface area contributed by atoms with Crippen molar-refractivity contribution in [2.24, 2.45) is 7.05 Å². The number of H-pyrrole nitrogens is 1. The second-order valence-electron chi connectivity index (χ2n) is 9.13. The Kier molecular flexibility index (Phi) is 5.60. The maximum Gasteiger partial charge on any atom is 0.323 e. The third kappa shape index (κ3) is 4.03. The van der Waals surface area contributed by atoms with E-state index in [1.807, 2.05) is 36.0 Å². The summed E-state index contributed by atoms with van der Waals surface area (Å²) in [5.74, 6) is 0.316. The van der Waals surface area contributed by atoms with Crippen molar-refractivity contribution < 1.29 is 13.9 Å². The van der Waals surface area contributed by atoms with Crippen LogP contribution in [0.3, 0.4) is 0 Å². The van der Waals surface area contributed by atoms with E-state index in [1.165, 1.54) is 12.1 Å². The van der Waals surface area contributed by atoms with E-state index in [-0.39, 0.29) is 11.4 Å². The highest BCUT2D eigenvalue weighted by molar-refractivity contribution is 6.05. The Bertz CT molecular complexity index is 1760. The van der Waals surface area contributed by atoms with E-state index in [0.29, 0.717) is 29.2 Å². The van der Waals surface area contributed by atoms with Crippen molar-refractivity contribution in [3.63, 3.8) is 0 Å². The van der Waals surface area contributed by atoms with Crippen LogP contribution in [-0.4, -0.2) is 22.7 Å². The van der Waals surface area contributed by atoms with Gasteiger partial charge >= 0.3 is 6.03 Å². The number of halogens is 1. The molecule has 190 valence electrons. The van der Waals surface area contributed by atoms with Crippen molar-refractivity contribution >= 4 is 39.7 Å². The molecule has 9 heteroatoms. The van der Waals surface area contributed by atoms with E-state index in [9.17, 15) is 14.0 Å². The first-order valence-corrected chi connectivity index (χ1v) is 12.0. The fourth-order valence-electron chi connectivity index (χ4n) is 5.01. The van der Waals surface area contributed by atoms with E-state index in [4.69, 9.17) is 4.74 Å². The van der Waals surface area contributed by atoms with Gasteiger partial charge in [-0.1, -0.05) is 6.07 Å². The number of anilines is 4. The van der Waals surface area contributed by atoms with E-state index < -0.39 is 6.03 Å². The number of aromatic amines is 1. The Morgan fingerprint density at radius 3 is 2.53 bits per heavy atom. The molecule has 0 atom stereocenters. The third-order valence-electron chi connectivity index (χ3n) is 6.73. The number of nitrogens with one attached hydrogen (secondary N) is 3. The van der Waals surface area contributed by atoms with Crippen LogP contribution in [0.15, 0.2) is 83.9 Å². The highest BCUT2D eigenvalue weighted by Gasteiger charge is 2.26. The fraction of sp³-hybridized carbons (Fsp3) is 0.103. The molecular weight excluding hydrogens is 485 g/mol. The van der Waals surface area contributed by atoms with Gasteiger partial charge in [0.15, 0.2) is 0 Å². The number of pyridine rings is 1. The van der Waals surface area contributed by atoms with Crippen LogP contribution in [-0.2, 0) is 13.6 Å². The molecule has 0 fully saturated rings. The van der Waals surface area contributed by atoms with Crippen LogP contribution < -0.4 is 25.8 Å². The number of carbonyl (C=O) groups is 1. The van der Waals surface area contributed by atoms with Gasteiger partial charge in [0.05, 0.1) is 13.7 Å². The van der Waals surface area contributed by atoms with Crippen LogP contribution in [0, 0.1) is 5.82 Å². The summed E-state index contributed by atoms with van der Waals surface area (Å²) in [5, 5.41) is 6.57. The Morgan fingerprint density at radius 2 is 1.76 bits per heavy atom. The highest BCUT2D eigenvalue weighted by Crippen LogP contribution is 2.44. The van der Waals surface area contributed by atoms with Gasteiger partial charge in [0.25, 0.3) is 5.56 Å². The molecule has 3 N–H and O–H groups in total. The molecule has 0 unspecified atom stereocenters. The molecule has 0 bridgehead atoms. The largest absolute Gasteiger partial charge is 0.497 e. The SMILES string of the molecule is COc1cccc(NC(=O)Nc2ccc3c(c2)-c2cn(C)c4c(=O)[nH]cc(c24)CN3c2ccc(F)cc2)c1. The maximum atomic E-state index is 13.7. The second kappa shape index (κ2) is 9.11. The fourth-order valence-corrected chi connectivity index (χ4v) is 5.01. The lowest BCUT2D eigenvalue weighted by molar-refractivity contribution is 0.262. The van der Waals surface area contributed by atoms with Crippen molar-refractivity contribution in [2.45, 2.75) is 6.54 Å². The van der Waals surface area contributed by atoms with Gasteiger partial charge in [-0.15, -0.1) is 0 Å². The van der Waals surface area contributed by atoms with Crippen molar-refractivity contribution in [3.8, 4) is 16.9 Å². The van der Waals surface area contributed by atoms with E-state index in [2.05, 4.69) is 20.5 Å². The first-order valence-electron chi connectivity index (χ1n) is 12.0. The van der Waals surface area contributed by atoms with E-state index in [0.717, 1.165) is 33.5 Å². The summed E-state index contributed by atoms with van der Waals surface area (Å²) in [6, 6.07) is 18.6. The molecule has 0 aliphatic carbocycles. The molecule has 0 spiro atoms. The molecule has 2 aromatic heterocycles. The van der Waals surface area contributed by atoms with Crippen molar-refractivity contribution in [1.82, 2.24) is 9.55 Å². The van der Waals surface area contributed by atoms with Crippen LogP contribution in [0.4, 0.5) is 31.9 Å². The zero-order valence-electron chi connectivity index (χ0n) is 20.7. The Morgan fingerprint density at radius 1 is 1.00 bits per heavy atom. The molecule has 2 amide bonds. The van der Waals surface area contributed by atoms with Gasteiger partial charge in [0.2, 0.25) is 0 Å². The molecule has 3 heterocycles. The Hall–Kier alpha value is -5.05. The highest BCUT2D eigenvalue weighted by atomic mass is 19.1. The summed E-state index contributed by atoms with van der Waals surface area (Å²) in [5.41, 5.74) is 5.87.